The van der Waals surface area contributed by atoms with Crippen molar-refractivity contribution in [3.05, 3.63) is 106 Å². The van der Waals surface area contributed by atoms with Gasteiger partial charge in [-0.1, -0.05) is 36.4 Å². The van der Waals surface area contributed by atoms with Crippen LogP contribution >= 0.6 is 0 Å². The standard InChI is InChI=1S/C20H14N2O4/c23-19(14-5-2-1-3-6-14)15-9-11-17(12-10-15)21-20(24)16-7-4-8-18(13-16)22(25)26/h1-13H,(H,21,24). The summed E-state index contributed by atoms with van der Waals surface area (Å²) in [5.41, 5.74) is 1.61. The summed E-state index contributed by atoms with van der Waals surface area (Å²) in [5, 5.41) is 13.5. The van der Waals surface area contributed by atoms with Gasteiger partial charge in [0.05, 0.1) is 4.92 Å². The van der Waals surface area contributed by atoms with Gasteiger partial charge in [0.25, 0.3) is 11.6 Å². The number of hydrogen-bond acceptors (Lipinski definition) is 4. The van der Waals surface area contributed by atoms with Crippen molar-refractivity contribution >= 4 is 23.1 Å². The zero-order valence-electron chi connectivity index (χ0n) is 13.6. The first-order valence-electron chi connectivity index (χ1n) is 7.80. The third-order valence-corrected chi connectivity index (χ3v) is 3.76. The molecule has 26 heavy (non-hydrogen) atoms. The highest BCUT2D eigenvalue weighted by atomic mass is 16.6. The summed E-state index contributed by atoms with van der Waals surface area (Å²) in [6.45, 7) is 0. The van der Waals surface area contributed by atoms with Crippen LogP contribution in [0.1, 0.15) is 26.3 Å². The molecule has 0 heterocycles. The lowest BCUT2D eigenvalue weighted by Gasteiger charge is -2.07. The van der Waals surface area contributed by atoms with E-state index < -0.39 is 10.8 Å². The van der Waals surface area contributed by atoms with Crippen LogP contribution < -0.4 is 5.32 Å². The maximum atomic E-state index is 12.4. The molecule has 1 amide bonds. The minimum absolute atomic E-state index is 0.109. The summed E-state index contributed by atoms with van der Waals surface area (Å²) in [7, 11) is 0. The van der Waals surface area contributed by atoms with Crippen LogP contribution in [0.25, 0.3) is 0 Å². The molecule has 0 bridgehead atoms. The summed E-state index contributed by atoms with van der Waals surface area (Å²) in [5.74, 6) is -0.571. The van der Waals surface area contributed by atoms with Crippen LogP contribution in [0.5, 0.6) is 0 Å². The van der Waals surface area contributed by atoms with Gasteiger partial charge in [0.15, 0.2) is 5.78 Å². The predicted molar refractivity (Wildman–Crippen MR) is 97.4 cm³/mol. The Balaban J connectivity index is 1.73. The lowest BCUT2D eigenvalue weighted by Crippen LogP contribution is -2.12. The van der Waals surface area contributed by atoms with Gasteiger partial charge in [0.2, 0.25) is 0 Å². The number of nitrogens with one attached hydrogen (secondary N) is 1. The largest absolute Gasteiger partial charge is 0.322 e. The molecule has 0 saturated carbocycles. The second-order valence-corrected chi connectivity index (χ2v) is 5.53. The van der Waals surface area contributed by atoms with Gasteiger partial charge < -0.3 is 5.32 Å². The number of amides is 1. The normalized spacial score (nSPS) is 10.2. The molecule has 0 saturated heterocycles. The number of nitro groups is 1. The molecule has 1 N–H and O–H groups in total. The number of non-ortho nitro benzene ring substituents is 1. The molecule has 0 fully saturated rings. The molecule has 6 heteroatoms. The summed E-state index contributed by atoms with van der Waals surface area (Å²) < 4.78 is 0. The summed E-state index contributed by atoms with van der Waals surface area (Å²) >= 11 is 0. The second kappa shape index (κ2) is 7.40. The number of ketones is 1. The van der Waals surface area contributed by atoms with Crippen molar-refractivity contribution in [1.82, 2.24) is 0 Å². The van der Waals surface area contributed by atoms with Crippen molar-refractivity contribution < 1.29 is 14.5 Å². The number of hydrogen-bond donors (Lipinski definition) is 1. The van der Waals surface area contributed by atoms with E-state index in [-0.39, 0.29) is 17.0 Å². The maximum absolute atomic E-state index is 12.4. The molecule has 128 valence electrons. The Labute approximate surface area is 149 Å². The maximum Gasteiger partial charge on any atom is 0.270 e. The van der Waals surface area contributed by atoms with E-state index in [0.717, 1.165) is 0 Å². The van der Waals surface area contributed by atoms with Gasteiger partial charge in [0.1, 0.15) is 0 Å². The zero-order chi connectivity index (χ0) is 18.5. The Morgan fingerprint density at radius 3 is 2.04 bits per heavy atom. The van der Waals surface area contributed by atoms with Crippen molar-refractivity contribution in [2.24, 2.45) is 0 Å². The van der Waals surface area contributed by atoms with Crippen molar-refractivity contribution in [1.29, 1.82) is 0 Å². The van der Waals surface area contributed by atoms with E-state index in [1.54, 1.807) is 48.5 Å². The highest BCUT2D eigenvalue weighted by molar-refractivity contribution is 6.09. The Kier molecular flexibility index (Phi) is 4.85. The molecule has 3 rings (SSSR count). The van der Waals surface area contributed by atoms with Crippen molar-refractivity contribution in [2.45, 2.75) is 0 Å². The van der Waals surface area contributed by atoms with E-state index in [2.05, 4.69) is 5.32 Å². The van der Waals surface area contributed by atoms with E-state index in [4.69, 9.17) is 0 Å². The van der Waals surface area contributed by atoms with Crippen LogP contribution in [0.2, 0.25) is 0 Å². The monoisotopic (exact) mass is 346 g/mol. The number of rotatable bonds is 5. The molecule has 0 spiro atoms. The quantitative estimate of drug-likeness (QED) is 0.428. The number of benzene rings is 3. The molecular formula is C20H14N2O4. The van der Waals surface area contributed by atoms with E-state index in [0.29, 0.717) is 16.8 Å². The molecule has 0 atom stereocenters. The Morgan fingerprint density at radius 2 is 1.38 bits per heavy atom. The molecule has 6 nitrogen and oxygen atoms in total. The average molecular weight is 346 g/mol. The molecule has 0 unspecified atom stereocenters. The van der Waals surface area contributed by atoms with Crippen molar-refractivity contribution in [3.8, 4) is 0 Å². The number of nitro benzene ring substituents is 1. The highest BCUT2D eigenvalue weighted by Crippen LogP contribution is 2.17. The highest BCUT2D eigenvalue weighted by Gasteiger charge is 2.12. The first-order valence-corrected chi connectivity index (χ1v) is 7.80. The minimum atomic E-state index is -0.555. The molecule has 3 aromatic carbocycles. The third-order valence-electron chi connectivity index (χ3n) is 3.76. The van der Waals surface area contributed by atoms with E-state index >= 15 is 0 Å². The first kappa shape index (κ1) is 17.0. The van der Waals surface area contributed by atoms with Gasteiger partial charge >= 0.3 is 0 Å². The molecule has 0 aliphatic rings. The number of anilines is 1. The summed E-state index contributed by atoms with van der Waals surface area (Å²) in [4.78, 5) is 34.8. The van der Waals surface area contributed by atoms with E-state index in [9.17, 15) is 19.7 Å². The number of carbonyl (C=O) groups excluding carboxylic acids is 2. The Morgan fingerprint density at radius 1 is 0.769 bits per heavy atom. The summed E-state index contributed by atoms with van der Waals surface area (Å²) in [6.07, 6.45) is 0. The van der Waals surface area contributed by atoms with Crippen LogP contribution in [0.4, 0.5) is 11.4 Å². The van der Waals surface area contributed by atoms with Crippen LogP contribution in [-0.4, -0.2) is 16.6 Å². The molecule has 0 aliphatic carbocycles. The fraction of sp³-hybridized carbons (Fsp3) is 0. The van der Waals surface area contributed by atoms with Gasteiger partial charge in [-0.05, 0) is 30.3 Å². The smallest absolute Gasteiger partial charge is 0.270 e. The molecular weight excluding hydrogens is 332 g/mol. The Hall–Kier alpha value is -3.80. The SMILES string of the molecule is O=C(Nc1ccc(C(=O)c2ccccc2)cc1)c1cccc([N+](=O)[O-])c1. The Bertz CT molecular complexity index is 967. The van der Waals surface area contributed by atoms with Crippen LogP contribution in [0, 0.1) is 10.1 Å². The van der Waals surface area contributed by atoms with E-state index in [1.165, 1.54) is 24.3 Å². The molecule has 0 radical (unpaired) electrons. The van der Waals surface area contributed by atoms with Gasteiger partial charge in [-0.3, -0.25) is 19.7 Å². The topological polar surface area (TPSA) is 89.3 Å². The zero-order valence-corrected chi connectivity index (χ0v) is 13.6. The van der Waals surface area contributed by atoms with Crippen molar-refractivity contribution in [2.75, 3.05) is 5.32 Å². The average Bonchev–Trinajstić information content (AvgIpc) is 2.68. The molecule has 0 aliphatic heterocycles. The van der Waals surface area contributed by atoms with Gasteiger partial charge in [-0.15, -0.1) is 0 Å². The number of carbonyl (C=O) groups is 2. The number of nitrogens with zero attached hydrogens (tertiary/aromatic N) is 1. The van der Waals surface area contributed by atoms with Gasteiger partial charge in [-0.25, -0.2) is 0 Å². The van der Waals surface area contributed by atoms with Crippen LogP contribution in [0.3, 0.4) is 0 Å². The lowest BCUT2D eigenvalue weighted by atomic mass is 10.0. The summed E-state index contributed by atoms with van der Waals surface area (Å²) in [6, 6.07) is 20.9. The third kappa shape index (κ3) is 3.81. The fourth-order valence-corrected chi connectivity index (χ4v) is 2.43. The molecule has 3 aromatic rings. The van der Waals surface area contributed by atoms with Crippen molar-refractivity contribution in [3.63, 3.8) is 0 Å². The second-order valence-electron chi connectivity index (χ2n) is 5.53. The van der Waals surface area contributed by atoms with Gasteiger partial charge in [-0.2, -0.15) is 0 Å². The molecule has 0 aromatic heterocycles. The fourth-order valence-electron chi connectivity index (χ4n) is 2.43. The van der Waals surface area contributed by atoms with Crippen LogP contribution in [0.15, 0.2) is 78.9 Å². The lowest BCUT2D eigenvalue weighted by molar-refractivity contribution is -0.384. The van der Waals surface area contributed by atoms with Gasteiger partial charge in [0, 0.05) is 34.5 Å². The van der Waals surface area contributed by atoms with E-state index in [1.807, 2.05) is 6.07 Å². The minimum Gasteiger partial charge on any atom is -0.322 e. The predicted octanol–water partition coefficient (Wildman–Crippen LogP) is 4.08. The van der Waals surface area contributed by atoms with Crippen LogP contribution in [-0.2, 0) is 0 Å². The first-order chi connectivity index (χ1) is 12.5.